The lowest BCUT2D eigenvalue weighted by Gasteiger charge is -2.14. The number of nitrogens with zero attached hydrogens (tertiary/aromatic N) is 3. The zero-order valence-electron chi connectivity index (χ0n) is 13.2. The molecular weight excluding hydrogens is 357 g/mol. The van der Waals surface area contributed by atoms with Crippen LogP contribution in [0.1, 0.15) is 0 Å². The molecule has 0 aliphatic rings. The summed E-state index contributed by atoms with van der Waals surface area (Å²) in [5, 5.41) is 10.2. The van der Waals surface area contributed by atoms with E-state index in [0.717, 1.165) is 0 Å². The molecule has 26 heavy (non-hydrogen) atoms. The Balaban J connectivity index is 2.03. The molecule has 4 rings (SSSR count). The van der Waals surface area contributed by atoms with Gasteiger partial charge in [0.1, 0.15) is 17.9 Å². The summed E-state index contributed by atoms with van der Waals surface area (Å²) in [6.07, 6.45) is 2.91. The summed E-state index contributed by atoms with van der Waals surface area (Å²) in [5.74, 6) is -0.544. The van der Waals surface area contributed by atoms with Gasteiger partial charge in [-0.1, -0.05) is 11.6 Å². The van der Waals surface area contributed by atoms with Gasteiger partial charge in [0.2, 0.25) is 0 Å². The van der Waals surface area contributed by atoms with Gasteiger partial charge in [0.05, 0.1) is 22.3 Å². The molecule has 5 nitrogen and oxygen atoms in total. The second-order valence-electron chi connectivity index (χ2n) is 5.62. The van der Waals surface area contributed by atoms with Crippen molar-refractivity contribution >= 4 is 22.5 Å². The van der Waals surface area contributed by atoms with Gasteiger partial charge in [-0.2, -0.15) is 4.98 Å². The number of phenols is 1. The van der Waals surface area contributed by atoms with Crippen LogP contribution in [-0.2, 0) is 0 Å². The number of benzene rings is 2. The number of hydrogen-bond donors (Lipinski definition) is 1. The van der Waals surface area contributed by atoms with Crippen molar-refractivity contribution in [2.45, 2.75) is 0 Å². The molecule has 0 aliphatic heterocycles. The average Bonchev–Trinajstić information content (AvgIpc) is 2.63. The lowest BCUT2D eigenvalue weighted by Crippen LogP contribution is -2.12. The molecule has 2 aromatic heterocycles. The van der Waals surface area contributed by atoms with Crippen molar-refractivity contribution in [3.8, 4) is 22.7 Å². The Morgan fingerprint density at radius 1 is 1.08 bits per heavy atom. The Kier molecular flexibility index (Phi) is 3.89. The zero-order chi connectivity index (χ0) is 18.3. The van der Waals surface area contributed by atoms with Crippen LogP contribution in [0.25, 0.3) is 27.8 Å². The number of hydrogen-bond acceptors (Lipinski definition) is 4. The smallest absolute Gasteiger partial charge is 0.280 e. The number of phenolic OH excluding ortho intramolecular Hbond substituents is 1. The fourth-order valence-corrected chi connectivity index (χ4v) is 2.98. The SMILES string of the molecule is O=c1ncn(-c2cccnc2-c2ccc(Cl)cc2F)c2ccc(O)cc12. The summed E-state index contributed by atoms with van der Waals surface area (Å²) in [6, 6.07) is 12.2. The highest BCUT2D eigenvalue weighted by Crippen LogP contribution is 2.30. The third kappa shape index (κ3) is 2.70. The van der Waals surface area contributed by atoms with Gasteiger partial charge in [0.15, 0.2) is 0 Å². The van der Waals surface area contributed by atoms with Crippen molar-refractivity contribution < 1.29 is 9.50 Å². The van der Waals surface area contributed by atoms with Crippen LogP contribution in [0.2, 0.25) is 5.02 Å². The maximum absolute atomic E-state index is 14.4. The minimum absolute atomic E-state index is 0.0377. The van der Waals surface area contributed by atoms with E-state index in [-0.39, 0.29) is 21.7 Å². The molecule has 0 aliphatic carbocycles. The highest BCUT2D eigenvalue weighted by Gasteiger charge is 2.15. The first-order valence-corrected chi connectivity index (χ1v) is 8.03. The summed E-state index contributed by atoms with van der Waals surface area (Å²) in [7, 11) is 0. The first kappa shape index (κ1) is 16.2. The van der Waals surface area contributed by atoms with Crippen LogP contribution in [-0.4, -0.2) is 19.6 Å². The van der Waals surface area contributed by atoms with Gasteiger partial charge in [-0.25, -0.2) is 4.39 Å². The summed E-state index contributed by atoms with van der Waals surface area (Å²) in [5.41, 5.74) is 1.25. The Morgan fingerprint density at radius 3 is 2.73 bits per heavy atom. The number of aromatic hydroxyl groups is 1. The maximum atomic E-state index is 14.4. The molecule has 1 N–H and O–H groups in total. The molecule has 128 valence electrons. The molecule has 2 heterocycles. The monoisotopic (exact) mass is 367 g/mol. The van der Waals surface area contributed by atoms with Crippen LogP contribution in [0.15, 0.2) is 65.8 Å². The van der Waals surface area contributed by atoms with Gasteiger partial charge >= 0.3 is 0 Å². The topological polar surface area (TPSA) is 68.0 Å². The molecule has 0 amide bonds. The normalized spacial score (nSPS) is 11.0. The minimum Gasteiger partial charge on any atom is -0.508 e. The molecule has 0 bridgehead atoms. The lowest BCUT2D eigenvalue weighted by atomic mass is 10.1. The minimum atomic E-state index is -0.506. The fraction of sp³-hybridized carbons (Fsp3) is 0. The van der Waals surface area contributed by atoms with Gasteiger partial charge in [-0.05, 0) is 48.5 Å². The number of halogens is 2. The largest absolute Gasteiger partial charge is 0.508 e. The molecular formula is C19H11ClFN3O2. The van der Waals surface area contributed by atoms with Crippen molar-refractivity contribution in [2.24, 2.45) is 0 Å². The van der Waals surface area contributed by atoms with E-state index in [9.17, 15) is 14.3 Å². The van der Waals surface area contributed by atoms with E-state index in [1.807, 2.05) is 0 Å². The molecule has 0 saturated carbocycles. The predicted molar refractivity (Wildman–Crippen MR) is 97.2 cm³/mol. The van der Waals surface area contributed by atoms with E-state index in [2.05, 4.69) is 9.97 Å². The van der Waals surface area contributed by atoms with E-state index in [1.54, 1.807) is 41.1 Å². The first-order chi connectivity index (χ1) is 12.5. The molecule has 7 heteroatoms. The molecule has 2 aromatic carbocycles. The summed E-state index contributed by atoms with van der Waals surface area (Å²) >= 11 is 5.84. The molecule has 0 saturated heterocycles. The van der Waals surface area contributed by atoms with Crippen molar-refractivity contribution in [1.29, 1.82) is 0 Å². The highest BCUT2D eigenvalue weighted by atomic mass is 35.5. The Labute approximate surface area is 152 Å². The molecule has 0 spiro atoms. The van der Waals surface area contributed by atoms with Crippen molar-refractivity contribution in [3.63, 3.8) is 0 Å². The average molecular weight is 368 g/mol. The Bertz CT molecular complexity index is 1210. The summed E-state index contributed by atoms with van der Waals surface area (Å²) in [4.78, 5) is 20.2. The van der Waals surface area contributed by atoms with Crippen molar-refractivity contribution in [1.82, 2.24) is 14.5 Å². The first-order valence-electron chi connectivity index (χ1n) is 7.66. The summed E-state index contributed by atoms with van der Waals surface area (Å²) in [6.45, 7) is 0. The van der Waals surface area contributed by atoms with Crippen LogP contribution < -0.4 is 5.56 Å². The van der Waals surface area contributed by atoms with Gasteiger partial charge in [0.25, 0.3) is 5.56 Å². The highest BCUT2D eigenvalue weighted by molar-refractivity contribution is 6.30. The van der Waals surface area contributed by atoms with Crippen LogP contribution >= 0.6 is 11.6 Å². The summed E-state index contributed by atoms with van der Waals surface area (Å²) < 4.78 is 16.1. The number of aromatic nitrogens is 3. The maximum Gasteiger partial charge on any atom is 0.280 e. The van der Waals surface area contributed by atoms with E-state index in [1.165, 1.54) is 24.5 Å². The molecule has 0 unspecified atom stereocenters. The second kappa shape index (κ2) is 6.24. The number of rotatable bonds is 2. The standard InChI is InChI=1S/C19H11ClFN3O2/c20-11-3-5-13(15(21)8-11)18-17(2-1-7-22-18)24-10-23-19(26)14-9-12(25)4-6-16(14)24/h1-10,25H. The van der Waals surface area contributed by atoms with Crippen LogP contribution in [0, 0.1) is 5.82 Å². The number of pyridine rings is 1. The van der Waals surface area contributed by atoms with E-state index in [4.69, 9.17) is 11.6 Å². The molecule has 0 fully saturated rings. The third-order valence-corrected chi connectivity index (χ3v) is 4.23. The van der Waals surface area contributed by atoms with Crippen LogP contribution in [0.3, 0.4) is 0 Å². The molecule has 4 aromatic rings. The van der Waals surface area contributed by atoms with Gasteiger partial charge in [-0.3, -0.25) is 14.3 Å². The third-order valence-electron chi connectivity index (χ3n) is 3.99. The predicted octanol–water partition coefficient (Wildman–Crippen LogP) is 3.95. The Morgan fingerprint density at radius 2 is 1.92 bits per heavy atom. The van der Waals surface area contributed by atoms with Crippen LogP contribution in [0.5, 0.6) is 5.75 Å². The van der Waals surface area contributed by atoms with E-state index >= 15 is 0 Å². The van der Waals surface area contributed by atoms with Crippen LogP contribution in [0.4, 0.5) is 4.39 Å². The zero-order valence-corrected chi connectivity index (χ0v) is 14.0. The van der Waals surface area contributed by atoms with E-state index in [0.29, 0.717) is 16.9 Å². The number of fused-ring (bicyclic) bond motifs is 1. The quantitative estimate of drug-likeness (QED) is 0.582. The molecule has 0 atom stereocenters. The lowest BCUT2D eigenvalue weighted by molar-refractivity contribution is 0.476. The van der Waals surface area contributed by atoms with Crippen molar-refractivity contribution in [2.75, 3.05) is 0 Å². The fourth-order valence-electron chi connectivity index (χ4n) is 2.82. The molecule has 0 radical (unpaired) electrons. The second-order valence-corrected chi connectivity index (χ2v) is 6.05. The van der Waals surface area contributed by atoms with Gasteiger partial charge < -0.3 is 5.11 Å². The Hall–Kier alpha value is -3.25. The van der Waals surface area contributed by atoms with Crippen molar-refractivity contribution in [3.05, 3.63) is 82.2 Å². The van der Waals surface area contributed by atoms with Gasteiger partial charge in [0, 0.05) is 16.8 Å². The van der Waals surface area contributed by atoms with Gasteiger partial charge in [-0.15, -0.1) is 0 Å². The van der Waals surface area contributed by atoms with E-state index < -0.39 is 11.4 Å².